The van der Waals surface area contributed by atoms with Crippen LogP contribution in [0.2, 0.25) is 0 Å². The predicted molar refractivity (Wildman–Crippen MR) is 108 cm³/mol. The Morgan fingerprint density at radius 2 is 1.57 bits per heavy atom. The quantitative estimate of drug-likeness (QED) is 0.344. The summed E-state index contributed by atoms with van der Waals surface area (Å²) in [7, 11) is 2.06. The van der Waals surface area contributed by atoms with E-state index in [0.717, 1.165) is 16.9 Å². The summed E-state index contributed by atoms with van der Waals surface area (Å²) >= 11 is 0. The Morgan fingerprint density at radius 3 is 2.21 bits per heavy atom. The van der Waals surface area contributed by atoms with Crippen molar-refractivity contribution in [1.82, 2.24) is 10.2 Å². The summed E-state index contributed by atoms with van der Waals surface area (Å²) in [6, 6.07) is 32.3. The summed E-state index contributed by atoms with van der Waals surface area (Å²) in [5.74, 6) is 0. The molecule has 1 radical (unpaired) electrons. The van der Waals surface area contributed by atoms with E-state index in [9.17, 15) is 0 Å². The minimum atomic E-state index is 0. The molecular weight excluding hydrogens is 524 g/mol. The van der Waals surface area contributed by atoms with Crippen LogP contribution in [0.3, 0.4) is 0 Å². The van der Waals surface area contributed by atoms with Gasteiger partial charge >= 0.3 is 0 Å². The van der Waals surface area contributed by atoms with E-state index in [-0.39, 0.29) is 20.1 Å². The van der Waals surface area contributed by atoms with Crippen LogP contribution in [0.5, 0.6) is 0 Å². The Kier molecular flexibility index (Phi) is 6.64. The van der Waals surface area contributed by atoms with Crippen molar-refractivity contribution in [1.29, 1.82) is 0 Å². The van der Waals surface area contributed by atoms with Gasteiger partial charge in [-0.1, -0.05) is 12.1 Å². The molecule has 28 heavy (non-hydrogen) atoms. The van der Waals surface area contributed by atoms with E-state index in [1.165, 1.54) is 11.4 Å². The number of nitrogens with zero attached hydrogens (tertiary/aromatic N) is 4. The summed E-state index contributed by atoms with van der Waals surface area (Å²) in [6.45, 7) is 2.08. The second kappa shape index (κ2) is 9.36. The summed E-state index contributed by atoms with van der Waals surface area (Å²) in [4.78, 5) is 4.27. The third-order valence-corrected chi connectivity index (χ3v) is 4.21. The first kappa shape index (κ1) is 19.9. The van der Waals surface area contributed by atoms with E-state index in [2.05, 4.69) is 76.2 Å². The van der Waals surface area contributed by atoms with Crippen molar-refractivity contribution in [2.24, 2.45) is 0 Å². The number of rotatable bonds is 2. The van der Waals surface area contributed by atoms with Crippen molar-refractivity contribution in [2.75, 3.05) is 16.8 Å². The van der Waals surface area contributed by atoms with Crippen molar-refractivity contribution in [3.8, 4) is 11.3 Å². The maximum atomic E-state index is 3.91. The molecule has 3 aromatic carbocycles. The molecule has 0 atom stereocenters. The molecule has 0 fully saturated rings. The van der Waals surface area contributed by atoms with E-state index in [1.807, 2.05) is 48.5 Å². The van der Waals surface area contributed by atoms with Gasteiger partial charge in [0.05, 0.1) is 0 Å². The summed E-state index contributed by atoms with van der Waals surface area (Å²) in [5, 5.41) is 7.63. The van der Waals surface area contributed by atoms with Crippen molar-refractivity contribution in [2.45, 2.75) is 0 Å². The monoisotopic (exact) mass is 543 g/mol. The van der Waals surface area contributed by atoms with Gasteiger partial charge in [0, 0.05) is 31.5 Å². The van der Waals surface area contributed by atoms with Crippen LogP contribution < -0.4 is 14.9 Å². The van der Waals surface area contributed by atoms with Gasteiger partial charge in [-0.3, -0.25) is 0 Å². The van der Waals surface area contributed by atoms with Gasteiger partial charge < -0.3 is 20.0 Å². The van der Waals surface area contributed by atoms with Gasteiger partial charge in [0.25, 0.3) is 0 Å². The third-order valence-electron chi connectivity index (χ3n) is 4.21. The zero-order chi connectivity index (χ0) is 18.5. The van der Waals surface area contributed by atoms with E-state index in [1.54, 1.807) is 6.20 Å². The maximum absolute atomic E-state index is 3.91. The topological polar surface area (TPSA) is 33.5 Å². The van der Waals surface area contributed by atoms with Crippen LogP contribution in [0.4, 0.5) is 17.1 Å². The fourth-order valence-corrected chi connectivity index (χ4v) is 2.92. The van der Waals surface area contributed by atoms with Crippen LogP contribution in [0.25, 0.3) is 11.3 Å². The minimum Gasteiger partial charge on any atom is -0.619 e. The molecule has 2 heterocycles. The fraction of sp³-hybridized carbons (Fsp3) is 0.0435. The molecule has 0 aliphatic carbocycles. The molecule has 1 aliphatic rings. The zero-order valence-electron chi connectivity index (χ0n) is 15.3. The first-order chi connectivity index (χ1) is 13.3. The number of anilines is 3. The third kappa shape index (κ3) is 4.33. The predicted octanol–water partition coefficient (Wildman–Crippen LogP) is 4.70. The van der Waals surface area contributed by atoms with Gasteiger partial charge in [0.15, 0.2) is 0 Å². The molecule has 5 rings (SSSR count). The van der Waals surface area contributed by atoms with E-state index in [4.69, 9.17) is 0 Å². The second-order valence-corrected chi connectivity index (χ2v) is 6.03. The maximum Gasteiger partial charge on any atom is 0.0326 e. The van der Waals surface area contributed by atoms with Crippen molar-refractivity contribution < 1.29 is 20.1 Å². The molecule has 0 unspecified atom stereocenters. The molecule has 0 saturated carbocycles. The average Bonchev–Trinajstić information content (AvgIpc) is 3.39. The molecule has 1 aliphatic heterocycles. The Balaban J connectivity index is 0.000000165. The van der Waals surface area contributed by atoms with Crippen LogP contribution in [0, 0.1) is 18.8 Å². The number of hydrogen-bond acceptors (Lipinski definition) is 3. The van der Waals surface area contributed by atoms with Gasteiger partial charge in [0.1, 0.15) is 0 Å². The zero-order valence-corrected chi connectivity index (χ0v) is 17.7. The van der Waals surface area contributed by atoms with E-state index >= 15 is 0 Å². The van der Waals surface area contributed by atoms with Gasteiger partial charge in [-0.05, 0) is 25.4 Å². The number of hydrogen-bond donors (Lipinski definition) is 0. The summed E-state index contributed by atoms with van der Waals surface area (Å²) < 4.78 is 0. The molecule has 4 nitrogen and oxygen atoms in total. The van der Waals surface area contributed by atoms with Gasteiger partial charge in [0.2, 0.25) is 0 Å². The van der Waals surface area contributed by atoms with Crippen LogP contribution in [0.15, 0.2) is 85.1 Å². The molecule has 0 bridgehead atoms. The second-order valence-electron chi connectivity index (χ2n) is 6.03. The van der Waals surface area contributed by atoms with Gasteiger partial charge in [-0.2, -0.15) is 42.6 Å². The first-order valence-corrected chi connectivity index (χ1v) is 8.67. The largest absolute Gasteiger partial charge is 0.619 e. The Morgan fingerprint density at radius 1 is 0.857 bits per heavy atom. The van der Waals surface area contributed by atoms with Crippen molar-refractivity contribution in [3.05, 3.63) is 104 Å². The van der Waals surface area contributed by atoms with Gasteiger partial charge in [-0.15, -0.1) is 42.1 Å². The Labute approximate surface area is 179 Å². The standard InChI is InChI=1S/C14H12N2.C9H6N2.Ir/c1-15-11-16(12-7-3-2-4-8-12)14-10-6-5-9-13(14)15;1-2-4-8(5-3-1)9-6-7-10-11-9;/h2-7,9-11H,1H3;1-4,6-7H;/q2*-2;. The fourth-order valence-electron chi connectivity index (χ4n) is 2.92. The molecule has 0 N–H and O–H groups in total. The Hall–Kier alpha value is -2.88. The molecular formula is C23H18IrN4-4. The summed E-state index contributed by atoms with van der Waals surface area (Å²) in [6.07, 6.45) is 1.68. The molecule has 4 aromatic rings. The van der Waals surface area contributed by atoms with Crippen LogP contribution in [0.1, 0.15) is 0 Å². The average molecular weight is 543 g/mol. The molecule has 0 spiro atoms. The molecule has 143 valence electrons. The van der Waals surface area contributed by atoms with Crippen molar-refractivity contribution >= 4 is 17.1 Å². The number of fused-ring (bicyclic) bond motifs is 1. The molecule has 5 heteroatoms. The smallest absolute Gasteiger partial charge is 0.0326 e. The number of para-hydroxylation sites is 3. The Bertz CT molecular complexity index is 972. The SMILES string of the molecule is CN1[CH-]N(c2[c-]cccc2)c2ccccc21.[Ir].[c-]1ccccc1-c1ccn[n-]1. The van der Waals surface area contributed by atoms with E-state index in [0.29, 0.717) is 0 Å². The summed E-state index contributed by atoms with van der Waals surface area (Å²) in [5.41, 5.74) is 5.36. The van der Waals surface area contributed by atoms with Crippen molar-refractivity contribution in [3.63, 3.8) is 0 Å². The number of benzene rings is 3. The first-order valence-electron chi connectivity index (χ1n) is 8.67. The number of aromatic nitrogens is 2. The minimum absolute atomic E-state index is 0. The van der Waals surface area contributed by atoms with Crippen LogP contribution in [-0.4, -0.2) is 12.1 Å². The molecule has 0 saturated heterocycles. The van der Waals surface area contributed by atoms with E-state index < -0.39 is 0 Å². The normalized spacial score (nSPS) is 11.9. The molecule has 1 aromatic heterocycles. The van der Waals surface area contributed by atoms with Gasteiger partial charge in [-0.25, -0.2) is 5.69 Å². The van der Waals surface area contributed by atoms with Crippen LogP contribution in [-0.2, 0) is 20.1 Å². The van der Waals surface area contributed by atoms with Crippen LogP contribution >= 0.6 is 0 Å². The molecule has 0 amide bonds.